The van der Waals surface area contributed by atoms with E-state index in [0.29, 0.717) is 25.3 Å². The van der Waals surface area contributed by atoms with Gasteiger partial charge in [0.25, 0.3) is 0 Å². The summed E-state index contributed by atoms with van der Waals surface area (Å²) in [4.78, 5) is 0. The predicted octanol–water partition coefficient (Wildman–Crippen LogP) is 2.60. The van der Waals surface area contributed by atoms with Crippen molar-refractivity contribution in [2.45, 2.75) is 58.5 Å². The molecule has 0 radical (unpaired) electrons. The van der Waals surface area contributed by atoms with E-state index in [1.807, 2.05) is 0 Å². The molecule has 0 aliphatic rings. The number of unbranched alkanes of at least 4 members (excludes halogenated alkanes) is 2. The minimum atomic E-state index is 0.425. The lowest BCUT2D eigenvalue weighted by Crippen LogP contribution is -2.37. The molecule has 0 fully saturated rings. The van der Waals surface area contributed by atoms with E-state index >= 15 is 0 Å². The van der Waals surface area contributed by atoms with Crippen molar-refractivity contribution in [1.29, 1.82) is 0 Å². The van der Waals surface area contributed by atoms with E-state index in [2.05, 4.69) is 26.1 Å². The fraction of sp³-hybridized carbons (Fsp3) is 1.00. The monoisotopic (exact) mass is 231 g/mol. The lowest BCUT2D eigenvalue weighted by molar-refractivity contribution is 0.0595. The van der Waals surface area contributed by atoms with Crippen molar-refractivity contribution in [2.24, 2.45) is 0 Å². The molecule has 0 saturated carbocycles. The molecule has 3 heteroatoms. The Kier molecular flexibility index (Phi) is 11.3. The molecule has 0 aromatic carbocycles. The van der Waals surface area contributed by atoms with Gasteiger partial charge in [0.15, 0.2) is 0 Å². The van der Waals surface area contributed by atoms with Crippen LogP contribution < -0.4 is 5.32 Å². The first-order valence-electron chi connectivity index (χ1n) is 6.53. The number of methoxy groups -OCH3 is 1. The van der Waals surface area contributed by atoms with Crippen LogP contribution in [0.2, 0.25) is 0 Å². The molecule has 0 aromatic rings. The minimum Gasteiger partial charge on any atom is -0.382 e. The summed E-state index contributed by atoms with van der Waals surface area (Å²) >= 11 is 0. The standard InChI is InChI=1S/C13H29NO2/c1-5-6-7-8-12(2)14-13(3)11-16-10-9-15-4/h12-14H,5-11H2,1-4H3. The van der Waals surface area contributed by atoms with Gasteiger partial charge in [-0.2, -0.15) is 0 Å². The van der Waals surface area contributed by atoms with E-state index < -0.39 is 0 Å². The summed E-state index contributed by atoms with van der Waals surface area (Å²) in [6.07, 6.45) is 5.21. The van der Waals surface area contributed by atoms with Crippen LogP contribution in [0.1, 0.15) is 46.5 Å². The lowest BCUT2D eigenvalue weighted by Gasteiger charge is -2.20. The van der Waals surface area contributed by atoms with E-state index in [1.54, 1.807) is 7.11 Å². The van der Waals surface area contributed by atoms with Gasteiger partial charge in [0, 0.05) is 19.2 Å². The fourth-order valence-corrected chi connectivity index (χ4v) is 1.72. The Labute approximate surface area is 101 Å². The smallest absolute Gasteiger partial charge is 0.0701 e. The van der Waals surface area contributed by atoms with Gasteiger partial charge in [0.1, 0.15) is 0 Å². The molecule has 0 aliphatic heterocycles. The number of hydrogen-bond acceptors (Lipinski definition) is 3. The fourth-order valence-electron chi connectivity index (χ4n) is 1.72. The van der Waals surface area contributed by atoms with E-state index in [0.717, 1.165) is 6.61 Å². The largest absolute Gasteiger partial charge is 0.382 e. The van der Waals surface area contributed by atoms with Crippen LogP contribution >= 0.6 is 0 Å². The summed E-state index contributed by atoms with van der Waals surface area (Å²) < 4.78 is 10.4. The molecule has 1 N–H and O–H groups in total. The van der Waals surface area contributed by atoms with Crippen LogP contribution in [0, 0.1) is 0 Å². The van der Waals surface area contributed by atoms with Crippen LogP contribution in [-0.4, -0.2) is 39.0 Å². The second-order valence-electron chi connectivity index (χ2n) is 4.53. The molecule has 0 saturated heterocycles. The zero-order valence-corrected chi connectivity index (χ0v) is 11.4. The number of rotatable bonds is 11. The van der Waals surface area contributed by atoms with Crippen LogP contribution in [0.15, 0.2) is 0 Å². The molecule has 2 atom stereocenters. The molecule has 0 rings (SSSR count). The van der Waals surface area contributed by atoms with Gasteiger partial charge in [-0.05, 0) is 20.3 Å². The lowest BCUT2D eigenvalue weighted by atomic mass is 10.1. The quantitative estimate of drug-likeness (QED) is 0.554. The van der Waals surface area contributed by atoms with E-state index in [1.165, 1.54) is 25.7 Å². The van der Waals surface area contributed by atoms with Gasteiger partial charge in [-0.25, -0.2) is 0 Å². The summed E-state index contributed by atoms with van der Waals surface area (Å²) in [7, 11) is 1.70. The second kappa shape index (κ2) is 11.4. The summed E-state index contributed by atoms with van der Waals surface area (Å²) in [5, 5.41) is 3.55. The Morgan fingerprint density at radius 3 is 2.44 bits per heavy atom. The highest BCUT2D eigenvalue weighted by Crippen LogP contribution is 2.03. The molecule has 0 bridgehead atoms. The van der Waals surface area contributed by atoms with Gasteiger partial charge in [-0.3, -0.25) is 0 Å². The van der Waals surface area contributed by atoms with Crippen LogP contribution in [0.4, 0.5) is 0 Å². The first kappa shape index (κ1) is 15.9. The van der Waals surface area contributed by atoms with Gasteiger partial charge in [-0.1, -0.05) is 26.2 Å². The third kappa shape index (κ3) is 10.4. The topological polar surface area (TPSA) is 30.5 Å². The summed E-state index contributed by atoms with van der Waals surface area (Å²) in [6.45, 7) is 8.79. The van der Waals surface area contributed by atoms with Crippen molar-refractivity contribution in [2.75, 3.05) is 26.9 Å². The number of hydrogen-bond donors (Lipinski definition) is 1. The first-order chi connectivity index (χ1) is 7.70. The predicted molar refractivity (Wildman–Crippen MR) is 68.9 cm³/mol. The maximum atomic E-state index is 5.47. The van der Waals surface area contributed by atoms with Gasteiger partial charge < -0.3 is 14.8 Å². The Morgan fingerprint density at radius 2 is 1.81 bits per heavy atom. The number of ether oxygens (including phenoxy) is 2. The van der Waals surface area contributed by atoms with E-state index in [-0.39, 0.29) is 0 Å². The molecule has 98 valence electrons. The highest BCUT2D eigenvalue weighted by Gasteiger charge is 2.06. The summed E-state index contributed by atoms with van der Waals surface area (Å²) in [5.41, 5.74) is 0. The second-order valence-corrected chi connectivity index (χ2v) is 4.53. The van der Waals surface area contributed by atoms with Gasteiger partial charge in [0.05, 0.1) is 19.8 Å². The van der Waals surface area contributed by atoms with Crippen molar-refractivity contribution >= 4 is 0 Å². The van der Waals surface area contributed by atoms with Crippen molar-refractivity contribution in [3.8, 4) is 0 Å². The molecule has 0 heterocycles. The minimum absolute atomic E-state index is 0.425. The van der Waals surface area contributed by atoms with Gasteiger partial charge >= 0.3 is 0 Å². The maximum Gasteiger partial charge on any atom is 0.0701 e. The van der Waals surface area contributed by atoms with E-state index in [9.17, 15) is 0 Å². The summed E-state index contributed by atoms with van der Waals surface area (Å²) in [5.74, 6) is 0. The molecule has 0 amide bonds. The highest BCUT2D eigenvalue weighted by molar-refractivity contribution is 4.66. The zero-order chi connectivity index (χ0) is 12.2. The highest BCUT2D eigenvalue weighted by atomic mass is 16.5. The van der Waals surface area contributed by atoms with Crippen LogP contribution in [0.3, 0.4) is 0 Å². The Balaban J connectivity index is 3.35. The van der Waals surface area contributed by atoms with Crippen LogP contribution in [-0.2, 0) is 9.47 Å². The SMILES string of the molecule is CCCCCC(C)NC(C)COCCOC. The average molecular weight is 231 g/mol. The molecule has 2 unspecified atom stereocenters. The number of nitrogens with one attached hydrogen (secondary N) is 1. The third-order valence-corrected chi connectivity index (χ3v) is 2.61. The Morgan fingerprint density at radius 1 is 1.06 bits per heavy atom. The van der Waals surface area contributed by atoms with Crippen LogP contribution in [0.25, 0.3) is 0 Å². The Bertz CT molecular complexity index is 142. The molecule has 0 spiro atoms. The molecule has 0 aromatic heterocycles. The normalized spacial score (nSPS) is 15.0. The molecule has 3 nitrogen and oxygen atoms in total. The third-order valence-electron chi connectivity index (χ3n) is 2.61. The average Bonchev–Trinajstić information content (AvgIpc) is 2.25. The van der Waals surface area contributed by atoms with Gasteiger partial charge in [0.2, 0.25) is 0 Å². The molecule has 0 aliphatic carbocycles. The van der Waals surface area contributed by atoms with Crippen LogP contribution in [0.5, 0.6) is 0 Å². The first-order valence-corrected chi connectivity index (χ1v) is 6.53. The molecular weight excluding hydrogens is 202 g/mol. The van der Waals surface area contributed by atoms with Crippen molar-refractivity contribution < 1.29 is 9.47 Å². The van der Waals surface area contributed by atoms with Crippen molar-refractivity contribution in [3.05, 3.63) is 0 Å². The molecular formula is C13H29NO2. The molecule has 16 heavy (non-hydrogen) atoms. The maximum absolute atomic E-state index is 5.47. The van der Waals surface area contributed by atoms with Crippen molar-refractivity contribution in [1.82, 2.24) is 5.32 Å². The van der Waals surface area contributed by atoms with Crippen molar-refractivity contribution in [3.63, 3.8) is 0 Å². The zero-order valence-electron chi connectivity index (χ0n) is 11.4. The van der Waals surface area contributed by atoms with E-state index in [4.69, 9.17) is 9.47 Å². The Hall–Kier alpha value is -0.120. The van der Waals surface area contributed by atoms with Gasteiger partial charge in [-0.15, -0.1) is 0 Å². The summed E-state index contributed by atoms with van der Waals surface area (Å²) in [6, 6.07) is 1.01.